The number of aryl methyl sites for hydroxylation is 1. The number of carbonyl (C=O) groups is 1. The van der Waals surface area contributed by atoms with E-state index in [4.69, 9.17) is 0 Å². The molecule has 1 aromatic carbocycles. The summed E-state index contributed by atoms with van der Waals surface area (Å²) >= 11 is 2.57. The average molecular weight is 421 g/mol. The van der Waals surface area contributed by atoms with Gasteiger partial charge in [0.2, 0.25) is 0 Å². The number of aromatic nitrogens is 1. The highest BCUT2D eigenvalue weighted by Gasteiger charge is 2.63. The molecule has 27 heavy (non-hydrogen) atoms. The number of benzene rings is 1. The molecule has 0 radical (unpaired) electrons. The fourth-order valence-electron chi connectivity index (χ4n) is 3.11. The molecule has 1 saturated carbocycles. The number of hydrogen-bond donors (Lipinski definition) is 2. The van der Waals surface area contributed by atoms with Gasteiger partial charge in [0, 0.05) is 11.3 Å². The van der Waals surface area contributed by atoms with Crippen molar-refractivity contribution in [2.24, 2.45) is 0 Å². The Morgan fingerprint density at radius 3 is 2.63 bits per heavy atom. The maximum Gasteiger partial charge on any atom is 0.325 e. The van der Waals surface area contributed by atoms with E-state index in [0.29, 0.717) is 0 Å². The highest BCUT2D eigenvalue weighted by atomic mass is 32.2. The van der Waals surface area contributed by atoms with Crippen LogP contribution in [0.5, 0.6) is 0 Å². The van der Waals surface area contributed by atoms with E-state index in [1.807, 2.05) is 42.6 Å². The van der Waals surface area contributed by atoms with Gasteiger partial charge in [-0.15, -0.1) is 22.7 Å². The van der Waals surface area contributed by atoms with Crippen LogP contribution < -0.4 is 4.72 Å². The van der Waals surface area contributed by atoms with Gasteiger partial charge in [0.15, 0.2) is 0 Å². The van der Waals surface area contributed by atoms with Crippen molar-refractivity contribution in [2.75, 3.05) is 0 Å². The molecule has 0 bridgehead atoms. The Hall–Kier alpha value is -2.07. The lowest BCUT2D eigenvalue weighted by molar-refractivity contribution is -0.140. The summed E-state index contributed by atoms with van der Waals surface area (Å²) in [5.41, 5.74) is 0.0413. The van der Waals surface area contributed by atoms with Crippen LogP contribution in [0.25, 0.3) is 10.6 Å². The summed E-state index contributed by atoms with van der Waals surface area (Å²) in [5, 5.41) is 12.5. The lowest BCUT2D eigenvalue weighted by Gasteiger charge is -2.14. The molecule has 0 unspecified atom stereocenters. The summed E-state index contributed by atoms with van der Waals surface area (Å²) in [4.78, 5) is 17.0. The van der Waals surface area contributed by atoms with Crippen molar-refractivity contribution in [3.63, 3.8) is 0 Å². The average Bonchev–Trinajstić information content (AvgIpc) is 2.98. The molecule has 0 aliphatic heterocycles. The van der Waals surface area contributed by atoms with Gasteiger partial charge in [-0.05, 0) is 31.0 Å². The Labute approximate surface area is 164 Å². The van der Waals surface area contributed by atoms with Crippen LogP contribution in [0, 0.1) is 6.92 Å². The molecule has 1 aliphatic rings. The number of rotatable bonds is 6. The van der Waals surface area contributed by atoms with Gasteiger partial charge in [-0.2, -0.15) is 4.72 Å². The highest BCUT2D eigenvalue weighted by molar-refractivity contribution is 7.91. The van der Waals surface area contributed by atoms with Crippen molar-refractivity contribution < 1.29 is 18.3 Å². The number of nitrogens with one attached hydrogen (secondary N) is 1. The number of sulfonamides is 1. The van der Waals surface area contributed by atoms with E-state index in [0.717, 1.165) is 32.5 Å². The summed E-state index contributed by atoms with van der Waals surface area (Å²) in [7, 11) is -3.96. The van der Waals surface area contributed by atoms with Crippen molar-refractivity contribution in [1.82, 2.24) is 9.71 Å². The summed E-state index contributed by atoms with van der Waals surface area (Å²) in [6.07, 6.45) is 0.231. The van der Waals surface area contributed by atoms with Crippen molar-refractivity contribution >= 4 is 38.7 Å². The largest absolute Gasteiger partial charge is 0.480 e. The number of thiophene rings is 1. The van der Waals surface area contributed by atoms with Crippen LogP contribution in [0.2, 0.25) is 0 Å². The molecule has 4 rings (SSSR count). The van der Waals surface area contributed by atoms with E-state index in [9.17, 15) is 18.3 Å². The summed E-state index contributed by atoms with van der Waals surface area (Å²) in [5.74, 6) is -1.54. The van der Waals surface area contributed by atoms with E-state index in [1.54, 1.807) is 6.07 Å². The Balaban J connectivity index is 1.61. The van der Waals surface area contributed by atoms with E-state index < -0.39 is 21.5 Å². The lowest BCUT2D eigenvalue weighted by Crippen LogP contribution is -2.44. The van der Waals surface area contributed by atoms with Crippen molar-refractivity contribution in [1.29, 1.82) is 0 Å². The molecule has 2 N–H and O–H groups in total. The minimum atomic E-state index is -3.96. The van der Waals surface area contributed by atoms with Crippen LogP contribution >= 0.6 is 22.7 Å². The third kappa shape index (κ3) is 3.31. The zero-order valence-electron chi connectivity index (χ0n) is 14.2. The first-order valence-corrected chi connectivity index (χ1v) is 11.3. The first-order chi connectivity index (χ1) is 12.8. The van der Waals surface area contributed by atoms with Crippen molar-refractivity contribution in [3.05, 3.63) is 58.4 Å². The SMILES string of the molecule is Cc1nc(-c2ccc(S(=O)(=O)N[C@@]3(C(=O)O)C[C@@H]3c3ccccc3)s2)cs1. The van der Waals surface area contributed by atoms with Crippen molar-refractivity contribution in [3.8, 4) is 10.6 Å². The molecule has 140 valence electrons. The van der Waals surface area contributed by atoms with Gasteiger partial charge < -0.3 is 5.11 Å². The minimum absolute atomic E-state index is 0.0856. The van der Waals surface area contributed by atoms with E-state index >= 15 is 0 Å². The monoisotopic (exact) mass is 420 g/mol. The molecule has 2 aromatic heterocycles. The number of nitrogens with zero attached hydrogens (tertiary/aromatic N) is 1. The maximum absolute atomic E-state index is 12.8. The molecule has 1 aliphatic carbocycles. The maximum atomic E-state index is 12.8. The molecule has 0 amide bonds. The molecular weight excluding hydrogens is 404 g/mol. The summed E-state index contributed by atoms with van der Waals surface area (Å²) in [6.45, 7) is 1.88. The predicted octanol–water partition coefficient (Wildman–Crippen LogP) is 3.47. The molecule has 0 spiro atoms. The fourth-order valence-corrected chi connectivity index (χ4v) is 6.47. The van der Waals surface area contributed by atoms with Gasteiger partial charge in [-0.25, -0.2) is 13.4 Å². The number of aliphatic carboxylic acids is 1. The highest BCUT2D eigenvalue weighted by Crippen LogP contribution is 2.52. The second kappa shape index (κ2) is 6.52. The fraction of sp³-hybridized carbons (Fsp3) is 0.222. The van der Waals surface area contributed by atoms with Gasteiger partial charge in [-0.1, -0.05) is 30.3 Å². The van der Waals surface area contributed by atoms with Crippen LogP contribution in [-0.2, 0) is 14.8 Å². The number of carboxylic acid groups (broad SMARTS) is 1. The summed E-state index contributed by atoms with van der Waals surface area (Å²) < 4.78 is 28.2. The molecule has 0 saturated heterocycles. The second-order valence-corrected chi connectivity index (χ2v) is 10.5. The molecule has 9 heteroatoms. The third-order valence-corrected chi connectivity index (χ3v) is 8.46. The number of hydrogen-bond acceptors (Lipinski definition) is 6. The molecule has 3 aromatic rings. The van der Waals surface area contributed by atoms with Crippen LogP contribution in [0.15, 0.2) is 52.1 Å². The minimum Gasteiger partial charge on any atom is -0.480 e. The third-order valence-electron chi connectivity index (χ3n) is 4.58. The van der Waals surface area contributed by atoms with Crippen LogP contribution in [-0.4, -0.2) is 30.0 Å². The molecule has 1 fully saturated rings. The second-order valence-electron chi connectivity index (χ2n) is 6.42. The Morgan fingerprint density at radius 2 is 2.00 bits per heavy atom. The van der Waals surface area contributed by atoms with Gasteiger partial charge in [-0.3, -0.25) is 4.79 Å². The van der Waals surface area contributed by atoms with Gasteiger partial charge in [0.25, 0.3) is 10.0 Å². The summed E-state index contributed by atoms with van der Waals surface area (Å²) in [6, 6.07) is 12.3. The molecule has 6 nitrogen and oxygen atoms in total. The van der Waals surface area contributed by atoms with E-state index in [1.165, 1.54) is 17.4 Å². The zero-order chi connectivity index (χ0) is 19.2. The zero-order valence-corrected chi connectivity index (χ0v) is 16.7. The first kappa shape index (κ1) is 18.3. The molecule has 2 heterocycles. The van der Waals surface area contributed by atoms with Gasteiger partial charge in [0.05, 0.1) is 15.6 Å². The normalized spacial score (nSPS) is 21.9. The van der Waals surface area contributed by atoms with E-state index in [-0.39, 0.29) is 16.5 Å². The quantitative estimate of drug-likeness (QED) is 0.637. The molecular formula is C18H16N2O4S3. The Kier molecular flexibility index (Phi) is 4.42. The smallest absolute Gasteiger partial charge is 0.325 e. The Bertz CT molecular complexity index is 1100. The van der Waals surface area contributed by atoms with Crippen molar-refractivity contribution in [2.45, 2.75) is 29.0 Å². The van der Waals surface area contributed by atoms with Crippen LogP contribution in [0.3, 0.4) is 0 Å². The number of thiazole rings is 1. The Morgan fingerprint density at radius 1 is 1.26 bits per heavy atom. The predicted molar refractivity (Wildman–Crippen MR) is 105 cm³/mol. The van der Waals surface area contributed by atoms with E-state index in [2.05, 4.69) is 9.71 Å². The first-order valence-electron chi connectivity index (χ1n) is 8.16. The van der Waals surface area contributed by atoms with Crippen LogP contribution in [0.1, 0.15) is 22.9 Å². The van der Waals surface area contributed by atoms with Gasteiger partial charge >= 0.3 is 5.97 Å². The topological polar surface area (TPSA) is 96.4 Å². The number of carboxylic acids is 1. The van der Waals surface area contributed by atoms with Gasteiger partial charge in [0.1, 0.15) is 9.75 Å². The molecule has 2 atom stereocenters. The lowest BCUT2D eigenvalue weighted by atomic mass is 10.1. The standard InChI is InChI=1S/C18H16N2O4S3/c1-11-19-14(10-25-11)15-7-8-16(26-15)27(23,24)20-18(17(21)22)9-13(18)12-5-3-2-4-6-12/h2-8,10,13,20H,9H2,1H3,(H,21,22)/t13-,18+/m1/s1. The van der Waals surface area contributed by atoms with Crippen LogP contribution in [0.4, 0.5) is 0 Å².